The molecule has 0 aliphatic carbocycles. The number of hydrogen-bond acceptors (Lipinski definition) is 4. The molecule has 1 aliphatic heterocycles. The number of furan rings is 1. The highest BCUT2D eigenvalue weighted by molar-refractivity contribution is 6.35. The lowest BCUT2D eigenvalue weighted by Crippen LogP contribution is -2.37. The van der Waals surface area contributed by atoms with Gasteiger partial charge in [-0.05, 0) is 49.8 Å². The highest BCUT2D eigenvalue weighted by Crippen LogP contribution is 2.31. The summed E-state index contributed by atoms with van der Waals surface area (Å²) >= 11 is 12.2. The first-order valence-electron chi connectivity index (χ1n) is 8.27. The van der Waals surface area contributed by atoms with Crippen LogP contribution in [-0.4, -0.2) is 44.3 Å². The Labute approximate surface area is 177 Å². The van der Waals surface area contributed by atoms with Crippen molar-refractivity contribution in [1.29, 1.82) is 0 Å². The number of nitrogens with one attached hydrogen (secondary N) is 1. The van der Waals surface area contributed by atoms with Crippen molar-refractivity contribution >= 4 is 48.0 Å². The van der Waals surface area contributed by atoms with Crippen molar-refractivity contribution in [2.45, 2.75) is 13.0 Å². The highest BCUT2D eigenvalue weighted by Gasteiger charge is 2.10. The quantitative estimate of drug-likeness (QED) is 0.619. The fraction of sp³-hybridized carbons (Fsp3) is 0.444. The van der Waals surface area contributed by atoms with Crippen molar-refractivity contribution in [2.75, 3.05) is 39.4 Å². The van der Waals surface area contributed by atoms with Crippen LogP contribution < -0.4 is 5.32 Å². The average molecular weight is 442 g/mol. The molecule has 1 aromatic carbocycles. The van der Waals surface area contributed by atoms with Gasteiger partial charge in [0, 0.05) is 23.7 Å². The van der Waals surface area contributed by atoms with E-state index in [9.17, 15) is 0 Å². The summed E-state index contributed by atoms with van der Waals surface area (Å²) in [4.78, 5) is 2.44. The summed E-state index contributed by atoms with van der Waals surface area (Å²) in [6.07, 6.45) is 1.12. The summed E-state index contributed by atoms with van der Waals surface area (Å²) in [5.74, 6) is 1.64. The van der Waals surface area contributed by atoms with Crippen LogP contribution in [0, 0.1) is 0 Å². The molecule has 0 atom stereocenters. The Kier molecular flexibility index (Phi) is 11.0. The van der Waals surface area contributed by atoms with Crippen LogP contribution in [0.2, 0.25) is 10.0 Å². The predicted molar refractivity (Wildman–Crippen MR) is 112 cm³/mol. The van der Waals surface area contributed by atoms with E-state index >= 15 is 0 Å². The molecule has 1 saturated heterocycles. The van der Waals surface area contributed by atoms with Gasteiger partial charge in [-0.2, -0.15) is 0 Å². The molecule has 1 fully saturated rings. The Bertz CT molecular complexity index is 660. The molecule has 26 heavy (non-hydrogen) atoms. The molecule has 4 nitrogen and oxygen atoms in total. The zero-order valence-electron chi connectivity index (χ0n) is 14.4. The minimum Gasteiger partial charge on any atom is -0.460 e. The number of nitrogens with zero attached hydrogens (tertiary/aromatic N) is 1. The summed E-state index contributed by atoms with van der Waals surface area (Å²) < 4.78 is 11.2. The first kappa shape index (κ1) is 23.6. The SMILES string of the molecule is Cl.Cl.Clc1ccc(Cl)c(-c2ccc(CNCCCN3CCOCC3)o2)c1. The van der Waals surface area contributed by atoms with E-state index in [1.807, 2.05) is 18.2 Å². The first-order chi connectivity index (χ1) is 11.7. The molecule has 146 valence electrons. The molecular formula is C18H24Cl4N2O2. The third kappa shape index (κ3) is 6.93. The Morgan fingerprint density at radius 2 is 1.81 bits per heavy atom. The van der Waals surface area contributed by atoms with Gasteiger partial charge in [0.2, 0.25) is 0 Å². The fourth-order valence-corrected chi connectivity index (χ4v) is 3.15. The van der Waals surface area contributed by atoms with Crippen molar-refractivity contribution in [3.8, 4) is 11.3 Å². The van der Waals surface area contributed by atoms with Crippen LogP contribution >= 0.6 is 48.0 Å². The zero-order chi connectivity index (χ0) is 16.8. The van der Waals surface area contributed by atoms with Crippen molar-refractivity contribution in [3.05, 3.63) is 46.1 Å². The van der Waals surface area contributed by atoms with Crippen molar-refractivity contribution in [2.24, 2.45) is 0 Å². The largest absolute Gasteiger partial charge is 0.460 e. The van der Waals surface area contributed by atoms with Crippen LogP contribution in [0.15, 0.2) is 34.7 Å². The second kappa shape index (κ2) is 12.1. The lowest BCUT2D eigenvalue weighted by atomic mass is 10.2. The molecule has 0 unspecified atom stereocenters. The van der Waals surface area contributed by atoms with Gasteiger partial charge in [-0.3, -0.25) is 4.90 Å². The van der Waals surface area contributed by atoms with Gasteiger partial charge in [0.15, 0.2) is 0 Å². The van der Waals surface area contributed by atoms with E-state index in [1.165, 1.54) is 0 Å². The third-order valence-electron chi connectivity index (χ3n) is 4.09. The van der Waals surface area contributed by atoms with Gasteiger partial charge in [0.1, 0.15) is 11.5 Å². The van der Waals surface area contributed by atoms with Crippen molar-refractivity contribution in [1.82, 2.24) is 10.2 Å². The number of halogens is 4. The number of morpholine rings is 1. The second-order valence-corrected chi connectivity index (χ2v) is 6.72. The molecule has 0 amide bonds. The first-order valence-corrected chi connectivity index (χ1v) is 9.03. The minimum atomic E-state index is 0. The smallest absolute Gasteiger partial charge is 0.135 e. The molecule has 1 aromatic heterocycles. The minimum absolute atomic E-state index is 0. The third-order valence-corrected chi connectivity index (χ3v) is 4.65. The molecule has 8 heteroatoms. The monoisotopic (exact) mass is 440 g/mol. The molecule has 1 N–H and O–H groups in total. The van der Waals surface area contributed by atoms with Gasteiger partial charge in [-0.1, -0.05) is 23.2 Å². The molecule has 2 aromatic rings. The summed E-state index contributed by atoms with van der Waals surface area (Å²) in [7, 11) is 0. The molecular weight excluding hydrogens is 418 g/mol. The van der Waals surface area contributed by atoms with Gasteiger partial charge in [0.05, 0.1) is 24.8 Å². The van der Waals surface area contributed by atoms with Crippen LogP contribution in [0.5, 0.6) is 0 Å². The fourth-order valence-electron chi connectivity index (χ4n) is 2.77. The molecule has 0 spiro atoms. The lowest BCUT2D eigenvalue weighted by molar-refractivity contribution is 0.0374. The van der Waals surface area contributed by atoms with Crippen LogP contribution in [0.25, 0.3) is 11.3 Å². The van der Waals surface area contributed by atoms with Crippen LogP contribution in [-0.2, 0) is 11.3 Å². The predicted octanol–water partition coefficient (Wildman–Crippen LogP) is 4.91. The van der Waals surface area contributed by atoms with Crippen LogP contribution in [0.1, 0.15) is 12.2 Å². The van der Waals surface area contributed by atoms with Crippen molar-refractivity contribution < 1.29 is 9.15 Å². The van der Waals surface area contributed by atoms with Crippen LogP contribution in [0.4, 0.5) is 0 Å². The number of benzene rings is 1. The molecule has 1 aliphatic rings. The maximum atomic E-state index is 6.21. The summed E-state index contributed by atoms with van der Waals surface area (Å²) in [5.41, 5.74) is 0.822. The van der Waals surface area contributed by atoms with E-state index in [-0.39, 0.29) is 24.8 Å². The Morgan fingerprint density at radius 3 is 2.58 bits per heavy atom. The summed E-state index contributed by atoms with van der Waals surface area (Å²) in [6, 6.07) is 9.28. The van der Waals surface area contributed by atoms with E-state index in [1.54, 1.807) is 12.1 Å². The maximum Gasteiger partial charge on any atom is 0.135 e. The lowest BCUT2D eigenvalue weighted by Gasteiger charge is -2.26. The Hall–Kier alpha value is -0.460. The number of hydrogen-bond donors (Lipinski definition) is 1. The van der Waals surface area contributed by atoms with E-state index < -0.39 is 0 Å². The second-order valence-electron chi connectivity index (χ2n) is 5.87. The van der Waals surface area contributed by atoms with E-state index in [4.69, 9.17) is 32.4 Å². The normalized spacial score (nSPS) is 14.5. The molecule has 0 saturated carbocycles. The molecule has 0 bridgehead atoms. The van der Waals surface area contributed by atoms with Gasteiger partial charge < -0.3 is 14.5 Å². The summed E-state index contributed by atoms with van der Waals surface area (Å²) in [6.45, 7) is 6.58. The number of rotatable bonds is 7. The van der Waals surface area contributed by atoms with Gasteiger partial charge >= 0.3 is 0 Å². The Balaban J connectivity index is 0.00000169. The average Bonchev–Trinajstić information content (AvgIpc) is 3.06. The van der Waals surface area contributed by atoms with Gasteiger partial charge in [0.25, 0.3) is 0 Å². The number of ether oxygens (including phenoxy) is 1. The van der Waals surface area contributed by atoms with E-state index in [2.05, 4.69) is 10.2 Å². The standard InChI is InChI=1S/C18H22Cl2N2O2.2ClH/c19-14-2-4-17(20)16(12-14)18-5-3-15(24-18)13-21-6-1-7-22-8-10-23-11-9-22;;/h2-5,12,21H,1,6-11,13H2;2*1H. The van der Waals surface area contributed by atoms with Crippen molar-refractivity contribution in [3.63, 3.8) is 0 Å². The van der Waals surface area contributed by atoms with Gasteiger partial charge in [-0.15, -0.1) is 24.8 Å². The molecule has 2 heterocycles. The van der Waals surface area contributed by atoms with Gasteiger partial charge in [-0.25, -0.2) is 0 Å². The summed E-state index contributed by atoms with van der Waals surface area (Å²) in [5, 5.41) is 4.71. The van der Waals surface area contributed by atoms with E-state index in [0.717, 1.165) is 62.9 Å². The highest BCUT2D eigenvalue weighted by atomic mass is 35.5. The Morgan fingerprint density at radius 1 is 1.04 bits per heavy atom. The zero-order valence-corrected chi connectivity index (χ0v) is 17.5. The van der Waals surface area contributed by atoms with E-state index in [0.29, 0.717) is 16.6 Å². The maximum absolute atomic E-state index is 6.21. The topological polar surface area (TPSA) is 37.6 Å². The molecule has 0 radical (unpaired) electrons. The molecule has 3 rings (SSSR count). The van der Waals surface area contributed by atoms with Crippen LogP contribution in [0.3, 0.4) is 0 Å².